The maximum Gasteiger partial charge on any atom is 0.221 e. The van der Waals surface area contributed by atoms with Crippen molar-refractivity contribution in [3.8, 4) is 17.0 Å². The van der Waals surface area contributed by atoms with Crippen molar-refractivity contribution >= 4 is 17.3 Å². The maximum atomic E-state index is 5.91. The molecule has 0 aliphatic rings. The Morgan fingerprint density at radius 3 is 2.75 bits per heavy atom. The van der Waals surface area contributed by atoms with Crippen molar-refractivity contribution in [2.24, 2.45) is 0 Å². The first-order valence-electron chi connectivity index (χ1n) is 4.77. The van der Waals surface area contributed by atoms with Gasteiger partial charge in [0, 0.05) is 28.0 Å². The Labute approximate surface area is 98.8 Å². The van der Waals surface area contributed by atoms with E-state index in [1.165, 1.54) is 0 Å². The van der Waals surface area contributed by atoms with E-state index in [1.807, 2.05) is 18.2 Å². The van der Waals surface area contributed by atoms with Crippen molar-refractivity contribution in [2.45, 2.75) is 0 Å². The predicted molar refractivity (Wildman–Crippen MR) is 65.6 cm³/mol. The lowest BCUT2D eigenvalue weighted by Crippen LogP contribution is -1.94. The van der Waals surface area contributed by atoms with E-state index in [0.29, 0.717) is 16.6 Å². The van der Waals surface area contributed by atoms with Crippen LogP contribution < -0.4 is 10.5 Å². The number of hydrogen-bond donors (Lipinski definition) is 1. The molecule has 2 rings (SSSR count). The first-order valence-corrected chi connectivity index (χ1v) is 5.14. The fraction of sp³-hybridized carbons (Fsp3) is 0.0833. The average molecular weight is 235 g/mol. The second-order valence-electron chi connectivity index (χ2n) is 3.29. The quantitative estimate of drug-likeness (QED) is 0.813. The predicted octanol–water partition coefficient (Wildman–Crippen LogP) is 2.99. The minimum absolute atomic E-state index is 0.552. The molecule has 0 unspecified atom stereocenters. The summed E-state index contributed by atoms with van der Waals surface area (Å²) in [6.07, 6.45) is 1.68. The molecule has 0 atom stereocenters. The van der Waals surface area contributed by atoms with E-state index in [-0.39, 0.29) is 0 Å². The Morgan fingerprint density at radius 2 is 2.06 bits per heavy atom. The number of methoxy groups -OCH3 is 1. The molecule has 16 heavy (non-hydrogen) atoms. The molecule has 0 aliphatic heterocycles. The molecule has 82 valence electrons. The molecule has 2 aromatic rings. The fourth-order valence-corrected chi connectivity index (χ4v) is 1.72. The van der Waals surface area contributed by atoms with Crippen molar-refractivity contribution in [3.05, 3.63) is 41.6 Å². The van der Waals surface area contributed by atoms with Gasteiger partial charge in [-0.1, -0.05) is 17.7 Å². The van der Waals surface area contributed by atoms with Crippen LogP contribution in [0, 0.1) is 0 Å². The Balaban J connectivity index is 2.58. The zero-order valence-electron chi connectivity index (χ0n) is 8.77. The molecule has 0 spiro atoms. The molecule has 0 bridgehead atoms. The lowest BCUT2D eigenvalue weighted by Gasteiger charge is -2.09. The first-order chi connectivity index (χ1) is 7.72. The number of ether oxygens (including phenoxy) is 1. The molecule has 1 heterocycles. The molecule has 0 saturated heterocycles. The number of nitrogens with two attached hydrogens (primary N) is 1. The maximum absolute atomic E-state index is 5.91. The third kappa shape index (κ3) is 1.95. The summed E-state index contributed by atoms with van der Waals surface area (Å²) in [5, 5.41) is 0.615. The number of aromatic nitrogens is 1. The van der Waals surface area contributed by atoms with Crippen LogP contribution in [0.5, 0.6) is 5.88 Å². The summed E-state index contributed by atoms with van der Waals surface area (Å²) < 4.78 is 5.19. The number of halogens is 1. The second kappa shape index (κ2) is 4.41. The number of nitrogen functional groups attached to an aromatic ring is 1. The number of rotatable bonds is 2. The molecule has 0 aliphatic carbocycles. The summed E-state index contributed by atoms with van der Waals surface area (Å²) >= 11 is 5.85. The van der Waals surface area contributed by atoms with Crippen LogP contribution in [-0.4, -0.2) is 12.1 Å². The number of benzene rings is 1. The van der Waals surface area contributed by atoms with Gasteiger partial charge in [0.05, 0.1) is 7.11 Å². The van der Waals surface area contributed by atoms with Gasteiger partial charge in [0.2, 0.25) is 5.88 Å². The second-order valence-corrected chi connectivity index (χ2v) is 3.73. The zero-order valence-corrected chi connectivity index (χ0v) is 9.53. The standard InChI is InChI=1S/C12H11ClN2O/c1-16-12-10(3-2-6-15-12)9-5-4-8(13)7-11(9)14/h2-7H,14H2,1H3. The minimum atomic E-state index is 0.552. The summed E-state index contributed by atoms with van der Waals surface area (Å²) in [7, 11) is 1.58. The van der Waals surface area contributed by atoms with Crippen LogP contribution in [0.4, 0.5) is 5.69 Å². The van der Waals surface area contributed by atoms with Gasteiger partial charge >= 0.3 is 0 Å². The summed E-state index contributed by atoms with van der Waals surface area (Å²) in [4.78, 5) is 4.13. The van der Waals surface area contributed by atoms with Gasteiger partial charge in [-0.3, -0.25) is 0 Å². The van der Waals surface area contributed by atoms with Gasteiger partial charge in [-0.25, -0.2) is 4.98 Å². The van der Waals surface area contributed by atoms with Crippen LogP contribution in [0.2, 0.25) is 5.02 Å². The van der Waals surface area contributed by atoms with Gasteiger partial charge in [0.25, 0.3) is 0 Å². The normalized spacial score (nSPS) is 10.1. The van der Waals surface area contributed by atoms with Gasteiger partial charge in [-0.15, -0.1) is 0 Å². The van der Waals surface area contributed by atoms with Crippen LogP contribution in [0.3, 0.4) is 0 Å². The fourth-order valence-electron chi connectivity index (χ4n) is 1.54. The molecule has 0 amide bonds. The van der Waals surface area contributed by atoms with Crippen LogP contribution >= 0.6 is 11.6 Å². The zero-order chi connectivity index (χ0) is 11.5. The van der Waals surface area contributed by atoms with E-state index in [0.717, 1.165) is 11.1 Å². The third-order valence-electron chi connectivity index (χ3n) is 2.27. The van der Waals surface area contributed by atoms with Crippen LogP contribution in [-0.2, 0) is 0 Å². The van der Waals surface area contributed by atoms with E-state index < -0.39 is 0 Å². The Kier molecular flexibility index (Phi) is 2.97. The lowest BCUT2D eigenvalue weighted by atomic mass is 10.1. The molecule has 0 radical (unpaired) electrons. The molecule has 3 nitrogen and oxygen atoms in total. The van der Waals surface area contributed by atoms with Gasteiger partial charge < -0.3 is 10.5 Å². The van der Waals surface area contributed by atoms with Crippen molar-refractivity contribution in [1.82, 2.24) is 4.98 Å². The number of hydrogen-bond acceptors (Lipinski definition) is 3. The van der Waals surface area contributed by atoms with E-state index in [2.05, 4.69) is 4.98 Å². The summed E-state index contributed by atoms with van der Waals surface area (Å²) in [5.74, 6) is 0.552. The third-order valence-corrected chi connectivity index (χ3v) is 2.50. The van der Waals surface area contributed by atoms with E-state index >= 15 is 0 Å². The smallest absolute Gasteiger partial charge is 0.221 e. The molecule has 4 heteroatoms. The van der Waals surface area contributed by atoms with E-state index in [1.54, 1.807) is 25.4 Å². The molecule has 2 N–H and O–H groups in total. The number of anilines is 1. The highest BCUT2D eigenvalue weighted by atomic mass is 35.5. The minimum Gasteiger partial charge on any atom is -0.481 e. The van der Waals surface area contributed by atoms with Gasteiger partial charge in [0.15, 0.2) is 0 Å². The highest BCUT2D eigenvalue weighted by Gasteiger charge is 2.09. The van der Waals surface area contributed by atoms with Crippen molar-refractivity contribution in [3.63, 3.8) is 0 Å². The molecular formula is C12H11ClN2O. The Hall–Kier alpha value is -1.74. The van der Waals surface area contributed by atoms with Crippen LogP contribution in [0.25, 0.3) is 11.1 Å². The van der Waals surface area contributed by atoms with Gasteiger partial charge in [0.1, 0.15) is 0 Å². The largest absolute Gasteiger partial charge is 0.481 e. The number of nitrogens with zero attached hydrogens (tertiary/aromatic N) is 1. The highest BCUT2D eigenvalue weighted by molar-refractivity contribution is 6.31. The summed E-state index contributed by atoms with van der Waals surface area (Å²) in [6.45, 7) is 0. The SMILES string of the molecule is COc1ncccc1-c1ccc(Cl)cc1N. The molecule has 0 fully saturated rings. The molecule has 1 aromatic heterocycles. The number of pyridine rings is 1. The van der Waals surface area contributed by atoms with Gasteiger partial charge in [-0.2, -0.15) is 0 Å². The molecule has 0 saturated carbocycles. The van der Waals surface area contributed by atoms with Gasteiger partial charge in [-0.05, 0) is 24.3 Å². The lowest BCUT2D eigenvalue weighted by molar-refractivity contribution is 0.399. The summed E-state index contributed by atoms with van der Waals surface area (Å²) in [6, 6.07) is 9.11. The van der Waals surface area contributed by atoms with Crippen molar-refractivity contribution < 1.29 is 4.74 Å². The molecular weight excluding hydrogens is 224 g/mol. The highest BCUT2D eigenvalue weighted by Crippen LogP contribution is 2.33. The van der Waals surface area contributed by atoms with Crippen molar-refractivity contribution in [1.29, 1.82) is 0 Å². The van der Waals surface area contributed by atoms with Crippen molar-refractivity contribution in [2.75, 3.05) is 12.8 Å². The summed E-state index contributed by atoms with van der Waals surface area (Å²) in [5.41, 5.74) is 8.25. The first kappa shape index (κ1) is 10.8. The Morgan fingerprint density at radius 1 is 1.25 bits per heavy atom. The van der Waals surface area contributed by atoms with E-state index in [4.69, 9.17) is 22.1 Å². The Bertz CT molecular complexity index is 514. The van der Waals surface area contributed by atoms with E-state index in [9.17, 15) is 0 Å². The topological polar surface area (TPSA) is 48.1 Å². The van der Waals surface area contributed by atoms with Crippen LogP contribution in [0.1, 0.15) is 0 Å². The molecule has 1 aromatic carbocycles. The van der Waals surface area contributed by atoms with Crippen LogP contribution in [0.15, 0.2) is 36.5 Å². The monoisotopic (exact) mass is 234 g/mol. The average Bonchev–Trinajstić information content (AvgIpc) is 2.29.